The molecule has 0 amide bonds. The Balaban J connectivity index is 1.26. The molecule has 4 aliphatic rings. The molecule has 42 heavy (non-hydrogen) atoms. The molecule has 7 rings (SSSR count). The van der Waals surface area contributed by atoms with Crippen molar-refractivity contribution in [3.8, 4) is 0 Å². The van der Waals surface area contributed by atoms with Crippen molar-refractivity contribution in [1.29, 1.82) is 0 Å². The summed E-state index contributed by atoms with van der Waals surface area (Å²) in [5, 5.41) is 7.89. The van der Waals surface area contributed by atoms with Crippen molar-refractivity contribution in [2.24, 2.45) is 28.2 Å². The summed E-state index contributed by atoms with van der Waals surface area (Å²) in [4.78, 5) is 25.9. The number of aliphatic imine (C=N–C) groups is 1. The highest BCUT2D eigenvalue weighted by atomic mass is 19.1. The first kappa shape index (κ1) is 28.8. The third kappa shape index (κ3) is 5.46. The van der Waals surface area contributed by atoms with Gasteiger partial charge >= 0.3 is 0 Å². The normalized spacial score (nSPS) is 29.7. The number of hydrogen-bond donors (Lipinski definition) is 2. The van der Waals surface area contributed by atoms with E-state index >= 15 is 0 Å². The summed E-state index contributed by atoms with van der Waals surface area (Å²) in [6.07, 6.45) is 4.73. The van der Waals surface area contributed by atoms with Crippen molar-refractivity contribution in [3.05, 3.63) is 70.5 Å². The lowest BCUT2D eigenvalue weighted by atomic mass is 9.45. The summed E-state index contributed by atoms with van der Waals surface area (Å²) in [5.74, 6) is 2.68. The maximum atomic E-state index is 13.5. The number of nitrogens with zero attached hydrogens (tertiary/aromatic N) is 4. The van der Waals surface area contributed by atoms with E-state index in [0.29, 0.717) is 46.8 Å². The molecular formula is C34H45FN6O. The molecule has 2 bridgehead atoms. The van der Waals surface area contributed by atoms with Crippen LogP contribution in [0.1, 0.15) is 66.0 Å². The second-order valence-corrected chi connectivity index (χ2v) is 13.8. The molecule has 0 spiro atoms. The lowest BCUT2D eigenvalue weighted by Gasteiger charge is -2.61. The van der Waals surface area contributed by atoms with Crippen LogP contribution in [0.3, 0.4) is 0 Å². The van der Waals surface area contributed by atoms with E-state index in [9.17, 15) is 9.18 Å². The Bertz CT molecular complexity index is 1520. The van der Waals surface area contributed by atoms with Crippen molar-refractivity contribution in [3.63, 3.8) is 0 Å². The first-order valence-corrected chi connectivity index (χ1v) is 15.6. The number of rotatable bonds is 5. The van der Waals surface area contributed by atoms with Gasteiger partial charge in [-0.05, 0) is 99.1 Å². The van der Waals surface area contributed by atoms with Crippen molar-refractivity contribution in [1.82, 2.24) is 19.8 Å². The highest BCUT2D eigenvalue weighted by Gasteiger charge is 2.56. The number of nitrogens with one attached hydrogen (secondary N) is 2. The van der Waals surface area contributed by atoms with Crippen LogP contribution in [0.15, 0.2) is 58.6 Å². The molecule has 4 fully saturated rings. The summed E-state index contributed by atoms with van der Waals surface area (Å²) in [6.45, 7) is 15.5. The van der Waals surface area contributed by atoms with E-state index in [0.717, 1.165) is 48.6 Å². The van der Waals surface area contributed by atoms with E-state index in [-0.39, 0.29) is 17.4 Å². The highest BCUT2D eigenvalue weighted by Crippen LogP contribution is 2.61. The molecule has 2 aromatic carbocycles. The van der Waals surface area contributed by atoms with Gasteiger partial charge in [-0.25, -0.2) is 14.4 Å². The molecule has 2 heterocycles. The van der Waals surface area contributed by atoms with E-state index in [2.05, 4.69) is 55.1 Å². The van der Waals surface area contributed by atoms with E-state index in [1.807, 2.05) is 25.1 Å². The summed E-state index contributed by atoms with van der Waals surface area (Å²) in [5.41, 5.74) is 2.87. The third-order valence-electron chi connectivity index (χ3n) is 10.4. The first-order chi connectivity index (χ1) is 20.0. The zero-order chi connectivity index (χ0) is 29.8. The number of aromatic nitrogens is 2. The van der Waals surface area contributed by atoms with Gasteiger partial charge in [-0.3, -0.25) is 9.36 Å². The molecule has 1 aromatic heterocycles. The van der Waals surface area contributed by atoms with Gasteiger partial charge < -0.3 is 15.5 Å². The molecule has 1 saturated heterocycles. The minimum absolute atomic E-state index is 0.0716. The smallest absolute Gasteiger partial charge is 0.261 e. The van der Waals surface area contributed by atoms with Crippen LogP contribution >= 0.6 is 0 Å². The molecule has 7 atom stereocenters. The van der Waals surface area contributed by atoms with Crippen LogP contribution in [-0.4, -0.2) is 51.6 Å². The maximum Gasteiger partial charge on any atom is 0.261 e. The average molecular weight is 573 g/mol. The largest absolute Gasteiger partial charge is 0.340 e. The predicted molar refractivity (Wildman–Crippen MR) is 168 cm³/mol. The fraction of sp³-hybridized carbons (Fsp3) is 0.559. The lowest BCUT2D eigenvalue weighted by molar-refractivity contribution is -0.108. The fourth-order valence-electron chi connectivity index (χ4n) is 7.86. The number of benzene rings is 2. The van der Waals surface area contributed by atoms with E-state index in [1.54, 1.807) is 23.0 Å². The molecule has 7 nitrogen and oxygen atoms in total. The maximum absolute atomic E-state index is 13.5. The summed E-state index contributed by atoms with van der Waals surface area (Å²) < 4.78 is 15.0. The Kier molecular flexibility index (Phi) is 7.62. The van der Waals surface area contributed by atoms with E-state index < -0.39 is 0 Å². The Morgan fingerprint density at radius 3 is 2.50 bits per heavy atom. The first-order valence-electron chi connectivity index (χ1n) is 15.6. The van der Waals surface area contributed by atoms with Gasteiger partial charge in [0.25, 0.3) is 5.56 Å². The van der Waals surface area contributed by atoms with Gasteiger partial charge in [0.15, 0.2) is 5.96 Å². The standard InChI is InChI=1S/C34H45FN6O/c1-20-17-40(18-21(2)37-20)33(39-30-15-25-14-29(23(30)4)34(25,5)6)38-27-11-12-28-31(16-27)36-19-41(32(28)42)22(3)13-24-7-9-26(35)10-8-24/h7-12,16,19-23,25,29-30,37H,13-15,17-18H2,1-6H3,(H,38,39)/t20-,21+,22-,23+,25+,29-,30+/m1/s1. The number of anilines is 1. The van der Waals surface area contributed by atoms with E-state index in [1.165, 1.54) is 18.6 Å². The van der Waals surface area contributed by atoms with Gasteiger partial charge in [0.2, 0.25) is 0 Å². The number of halogens is 1. The molecule has 3 aliphatic carbocycles. The van der Waals surface area contributed by atoms with Crippen LogP contribution < -0.4 is 16.2 Å². The monoisotopic (exact) mass is 572 g/mol. The zero-order valence-corrected chi connectivity index (χ0v) is 25.8. The van der Waals surface area contributed by atoms with Gasteiger partial charge in [0, 0.05) is 36.9 Å². The van der Waals surface area contributed by atoms with Crippen LogP contribution in [0.4, 0.5) is 10.1 Å². The SMILES string of the molecule is C[C@@H]1[C@@H](N=C(Nc2ccc3c(=O)n([C@H](C)Cc4ccc(F)cc4)cnc3c2)N2C[C@@H](C)N[C@@H](C)C2)C[C@@H]2C[C@H]1C2(C)C. The fourth-order valence-corrected chi connectivity index (χ4v) is 7.86. The molecule has 2 N–H and O–H groups in total. The van der Waals surface area contributed by atoms with Crippen molar-refractivity contribution in [2.75, 3.05) is 18.4 Å². The Hall–Kier alpha value is -3.26. The molecule has 0 unspecified atom stereocenters. The zero-order valence-electron chi connectivity index (χ0n) is 25.8. The predicted octanol–water partition coefficient (Wildman–Crippen LogP) is 5.86. The molecule has 0 radical (unpaired) electrons. The molecule has 1 aliphatic heterocycles. The van der Waals surface area contributed by atoms with Crippen LogP contribution in [0.25, 0.3) is 10.9 Å². The molecule has 8 heteroatoms. The second-order valence-electron chi connectivity index (χ2n) is 13.8. The molecule has 3 saturated carbocycles. The van der Waals surface area contributed by atoms with Crippen LogP contribution in [-0.2, 0) is 6.42 Å². The van der Waals surface area contributed by atoms with Crippen molar-refractivity contribution < 1.29 is 4.39 Å². The number of piperazine rings is 1. The van der Waals surface area contributed by atoms with Gasteiger partial charge in [0.05, 0.1) is 23.3 Å². The van der Waals surface area contributed by atoms with Gasteiger partial charge in [-0.15, -0.1) is 0 Å². The molecule has 224 valence electrons. The minimum atomic E-state index is -0.261. The Morgan fingerprint density at radius 1 is 1.12 bits per heavy atom. The van der Waals surface area contributed by atoms with Gasteiger partial charge in [-0.2, -0.15) is 0 Å². The minimum Gasteiger partial charge on any atom is -0.340 e. The van der Waals surface area contributed by atoms with Crippen LogP contribution in [0.2, 0.25) is 0 Å². The lowest BCUT2D eigenvalue weighted by Crippen LogP contribution is -2.59. The quantitative estimate of drug-likeness (QED) is 0.296. The topological polar surface area (TPSA) is 74.5 Å². The van der Waals surface area contributed by atoms with Crippen molar-refractivity contribution in [2.45, 2.75) is 85.0 Å². The van der Waals surface area contributed by atoms with Crippen LogP contribution in [0, 0.1) is 29.0 Å². The molecule has 3 aromatic rings. The number of fused-ring (bicyclic) bond motifs is 3. The van der Waals surface area contributed by atoms with E-state index in [4.69, 9.17) is 4.99 Å². The Labute approximate surface area is 248 Å². The van der Waals surface area contributed by atoms with Gasteiger partial charge in [-0.1, -0.05) is 32.9 Å². The molecular weight excluding hydrogens is 527 g/mol. The number of guanidine groups is 1. The summed E-state index contributed by atoms with van der Waals surface area (Å²) in [7, 11) is 0. The van der Waals surface area contributed by atoms with Crippen LogP contribution in [0.5, 0.6) is 0 Å². The third-order valence-corrected chi connectivity index (χ3v) is 10.4. The Morgan fingerprint density at radius 2 is 1.83 bits per heavy atom. The van der Waals surface area contributed by atoms with Gasteiger partial charge in [0.1, 0.15) is 5.82 Å². The highest BCUT2D eigenvalue weighted by molar-refractivity contribution is 5.96. The second kappa shape index (κ2) is 11.1. The average Bonchev–Trinajstić information content (AvgIpc) is 2.94. The summed E-state index contributed by atoms with van der Waals surface area (Å²) in [6, 6.07) is 13.2. The number of hydrogen-bond acceptors (Lipinski definition) is 4. The van der Waals surface area contributed by atoms with Crippen molar-refractivity contribution >= 4 is 22.5 Å². The summed E-state index contributed by atoms with van der Waals surface area (Å²) >= 11 is 0.